The topological polar surface area (TPSA) is 66.3 Å². The molecular weight excluding hydrogens is 218 g/mol. The Bertz CT molecular complexity index is 428. The zero-order chi connectivity index (χ0) is 12.4. The van der Waals surface area contributed by atoms with E-state index < -0.39 is 5.97 Å². The second-order valence-corrected chi connectivity index (χ2v) is 4.55. The van der Waals surface area contributed by atoms with E-state index in [2.05, 4.69) is 9.97 Å². The van der Waals surface area contributed by atoms with Gasteiger partial charge in [0.25, 0.3) is 0 Å². The Balaban J connectivity index is 2.27. The maximum Gasteiger partial charge on any atom is 0.354 e. The summed E-state index contributed by atoms with van der Waals surface area (Å²) in [5, 5.41) is 8.97. The molecule has 5 nitrogen and oxygen atoms in total. The number of carbonyl (C=O) groups is 1. The predicted octanol–water partition coefficient (Wildman–Crippen LogP) is 1.86. The summed E-state index contributed by atoms with van der Waals surface area (Å²) in [5.74, 6) is -0.481. The molecule has 0 bridgehead atoms. The molecule has 1 aliphatic rings. The summed E-state index contributed by atoms with van der Waals surface area (Å²) in [6, 6.07) is 1.94. The van der Waals surface area contributed by atoms with E-state index in [-0.39, 0.29) is 5.69 Å². The number of hydrogen-bond donors (Lipinski definition) is 1. The van der Waals surface area contributed by atoms with Gasteiger partial charge >= 0.3 is 5.97 Å². The lowest BCUT2D eigenvalue weighted by molar-refractivity contribution is 0.0690. The first kappa shape index (κ1) is 11.8. The molecule has 1 aromatic heterocycles. The maximum atomic E-state index is 10.9. The Hall–Kier alpha value is -1.65. The summed E-state index contributed by atoms with van der Waals surface area (Å²) < 4.78 is 0. The number of anilines is 1. The lowest BCUT2D eigenvalue weighted by atomic mass is 10.2. The lowest BCUT2D eigenvalue weighted by Gasteiger charge is -2.24. The number of aromatic carboxylic acids is 1. The Morgan fingerprint density at radius 3 is 2.65 bits per heavy atom. The van der Waals surface area contributed by atoms with E-state index in [1.807, 2.05) is 11.9 Å². The molecule has 1 aromatic rings. The van der Waals surface area contributed by atoms with Gasteiger partial charge in [-0.1, -0.05) is 12.8 Å². The van der Waals surface area contributed by atoms with Crippen molar-refractivity contribution in [2.24, 2.45) is 0 Å². The third kappa shape index (κ3) is 2.54. The SMILES string of the molecule is Cc1cc(C(=O)O)nc(N(C)C2CCCC2)n1. The third-order valence-electron chi connectivity index (χ3n) is 3.25. The van der Waals surface area contributed by atoms with E-state index >= 15 is 0 Å². The molecule has 1 aliphatic carbocycles. The minimum Gasteiger partial charge on any atom is -0.477 e. The van der Waals surface area contributed by atoms with Gasteiger partial charge in [0.05, 0.1) is 0 Å². The normalized spacial score (nSPS) is 16.1. The smallest absolute Gasteiger partial charge is 0.354 e. The Morgan fingerprint density at radius 1 is 1.41 bits per heavy atom. The van der Waals surface area contributed by atoms with Crippen molar-refractivity contribution in [3.8, 4) is 0 Å². The summed E-state index contributed by atoms with van der Waals surface area (Å²) in [6.07, 6.45) is 4.73. The fourth-order valence-corrected chi connectivity index (χ4v) is 2.28. The molecule has 0 spiro atoms. The van der Waals surface area contributed by atoms with Crippen molar-refractivity contribution in [3.05, 3.63) is 17.5 Å². The number of nitrogens with zero attached hydrogens (tertiary/aromatic N) is 3. The Kier molecular flexibility index (Phi) is 3.26. The van der Waals surface area contributed by atoms with Crippen molar-refractivity contribution >= 4 is 11.9 Å². The van der Waals surface area contributed by atoms with Crippen LogP contribution in [0.25, 0.3) is 0 Å². The van der Waals surface area contributed by atoms with Crippen LogP contribution in [-0.4, -0.2) is 34.1 Å². The molecule has 1 heterocycles. The summed E-state index contributed by atoms with van der Waals surface area (Å²) in [6.45, 7) is 1.79. The second-order valence-electron chi connectivity index (χ2n) is 4.55. The van der Waals surface area contributed by atoms with Gasteiger partial charge in [0.15, 0.2) is 5.69 Å². The summed E-state index contributed by atoms with van der Waals surface area (Å²) in [7, 11) is 1.94. The van der Waals surface area contributed by atoms with Gasteiger partial charge in [-0.25, -0.2) is 14.8 Å². The van der Waals surface area contributed by atoms with E-state index in [0.29, 0.717) is 17.7 Å². The van der Waals surface area contributed by atoms with Crippen LogP contribution >= 0.6 is 0 Å². The second kappa shape index (κ2) is 4.69. The standard InChI is InChI=1S/C12H17N3O2/c1-8-7-10(11(16)17)14-12(13-8)15(2)9-5-3-4-6-9/h7,9H,3-6H2,1-2H3,(H,16,17). The monoisotopic (exact) mass is 235 g/mol. The van der Waals surface area contributed by atoms with E-state index in [4.69, 9.17) is 5.11 Å². The van der Waals surface area contributed by atoms with Crippen LogP contribution in [0, 0.1) is 6.92 Å². The molecule has 0 unspecified atom stereocenters. The summed E-state index contributed by atoms with van der Waals surface area (Å²) in [4.78, 5) is 21.4. The van der Waals surface area contributed by atoms with Crippen LogP contribution in [0.1, 0.15) is 41.9 Å². The number of carboxylic acids is 1. The van der Waals surface area contributed by atoms with Gasteiger partial charge in [-0.2, -0.15) is 0 Å². The highest BCUT2D eigenvalue weighted by Gasteiger charge is 2.22. The quantitative estimate of drug-likeness (QED) is 0.866. The fraction of sp³-hybridized carbons (Fsp3) is 0.583. The van der Waals surface area contributed by atoms with Crippen molar-refractivity contribution in [1.82, 2.24) is 9.97 Å². The largest absolute Gasteiger partial charge is 0.477 e. The molecule has 2 rings (SSSR count). The van der Waals surface area contributed by atoms with E-state index in [1.54, 1.807) is 6.92 Å². The van der Waals surface area contributed by atoms with Crippen molar-refractivity contribution in [2.45, 2.75) is 38.6 Å². The average molecular weight is 235 g/mol. The maximum absolute atomic E-state index is 10.9. The predicted molar refractivity (Wildman–Crippen MR) is 64.4 cm³/mol. The van der Waals surface area contributed by atoms with Crippen LogP contribution in [0.15, 0.2) is 6.07 Å². The lowest BCUT2D eigenvalue weighted by Crippen LogP contribution is -2.31. The van der Waals surface area contributed by atoms with Gasteiger partial charge in [-0.05, 0) is 25.8 Å². The van der Waals surface area contributed by atoms with Crippen LogP contribution in [0.4, 0.5) is 5.95 Å². The molecule has 0 aliphatic heterocycles. The van der Waals surface area contributed by atoms with Gasteiger partial charge in [0.1, 0.15) is 0 Å². The molecule has 1 saturated carbocycles. The van der Waals surface area contributed by atoms with Crippen molar-refractivity contribution in [1.29, 1.82) is 0 Å². The number of aromatic nitrogens is 2. The first-order valence-corrected chi connectivity index (χ1v) is 5.90. The third-order valence-corrected chi connectivity index (χ3v) is 3.25. The highest BCUT2D eigenvalue weighted by molar-refractivity contribution is 5.85. The minimum absolute atomic E-state index is 0.0670. The van der Waals surface area contributed by atoms with Crippen LogP contribution in [0.5, 0.6) is 0 Å². The number of aryl methyl sites for hydroxylation is 1. The number of rotatable bonds is 3. The van der Waals surface area contributed by atoms with Gasteiger partial charge in [0, 0.05) is 18.8 Å². The molecule has 17 heavy (non-hydrogen) atoms. The van der Waals surface area contributed by atoms with Crippen LogP contribution in [0.3, 0.4) is 0 Å². The molecule has 1 fully saturated rings. The van der Waals surface area contributed by atoms with Crippen LogP contribution in [-0.2, 0) is 0 Å². The van der Waals surface area contributed by atoms with Crippen molar-refractivity contribution in [3.63, 3.8) is 0 Å². The van der Waals surface area contributed by atoms with Crippen LogP contribution < -0.4 is 4.90 Å². The van der Waals surface area contributed by atoms with Crippen molar-refractivity contribution < 1.29 is 9.90 Å². The molecular formula is C12H17N3O2. The molecule has 1 N–H and O–H groups in total. The van der Waals surface area contributed by atoms with E-state index in [1.165, 1.54) is 18.9 Å². The average Bonchev–Trinajstić information content (AvgIpc) is 2.80. The molecule has 0 amide bonds. The molecule has 0 aromatic carbocycles. The van der Waals surface area contributed by atoms with Crippen molar-refractivity contribution in [2.75, 3.05) is 11.9 Å². The molecule has 0 atom stereocenters. The summed E-state index contributed by atoms with van der Waals surface area (Å²) in [5.41, 5.74) is 0.759. The molecule has 0 radical (unpaired) electrons. The first-order valence-electron chi connectivity index (χ1n) is 5.90. The molecule has 92 valence electrons. The zero-order valence-electron chi connectivity index (χ0n) is 10.2. The van der Waals surface area contributed by atoms with E-state index in [0.717, 1.165) is 12.8 Å². The Labute approximate surface area is 100 Å². The fourth-order valence-electron chi connectivity index (χ4n) is 2.28. The van der Waals surface area contributed by atoms with Gasteiger partial charge < -0.3 is 10.0 Å². The van der Waals surface area contributed by atoms with Crippen LogP contribution in [0.2, 0.25) is 0 Å². The first-order chi connectivity index (χ1) is 8.08. The Morgan fingerprint density at radius 2 is 2.06 bits per heavy atom. The number of hydrogen-bond acceptors (Lipinski definition) is 4. The van der Waals surface area contributed by atoms with Gasteiger partial charge in [0.2, 0.25) is 5.95 Å². The number of carboxylic acid groups (broad SMARTS) is 1. The highest BCUT2D eigenvalue weighted by Crippen LogP contribution is 2.25. The molecule has 0 saturated heterocycles. The molecule has 5 heteroatoms. The van der Waals surface area contributed by atoms with Gasteiger partial charge in [-0.3, -0.25) is 0 Å². The zero-order valence-corrected chi connectivity index (χ0v) is 10.2. The van der Waals surface area contributed by atoms with Gasteiger partial charge in [-0.15, -0.1) is 0 Å². The highest BCUT2D eigenvalue weighted by atomic mass is 16.4. The van der Waals surface area contributed by atoms with E-state index in [9.17, 15) is 4.79 Å². The summed E-state index contributed by atoms with van der Waals surface area (Å²) >= 11 is 0. The minimum atomic E-state index is -1.00.